The van der Waals surface area contributed by atoms with Crippen LogP contribution < -0.4 is 14.8 Å². The molecule has 0 aromatic heterocycles. The van der Waals surface area contributed by atoms with Crippen LogP contribution in [-0.4, -0.2) is 62.7 Å². The lowest BCUT2D eigenvalue weighted by molar-refractivity contribution is 0.102. The van der Waals surface area contributed by atoms with Crippen LogP contribution in [0.5, 0.6) is 11.5 Å². The molecular weight excluding hydrogens is 354 g/mol. The lowest BCUT2D eigenvalue weighted by atomic mass is 10.1. The highest BCUT2D eigenvalue weighted by molar-refractivity contribution is 6.04. The standard InChI is InChI=1S/C22H29N3O3/c1-4-28-20-9-8-18(15-21(20)27-3)22(26)23-19-7-5-6-17(14-19)16-25-12-10-24(2)11-13-25/h5-9,14-15H,4,10-13,16H2,1-3H3,(H,23,26). The van der Waals surface area contributed by atoms with E-state index in [1.165, 1.54) is 5.56 Å². The van der Waals surface area contributed by atoms with Gasteiger partial charge in [0.2, 0.25) is 0 Å². The first-order valence-electron chi connectivity index (χ1n) is 9.71. The number of hydrogen-bond acceptors (Lipinski definition) is 5. The Kier molecular flexibility index (Phi) is 6.90. The van der Waals surface area contributed by atoms with E-state index in [1.54, 1.807) is 25.3 Å². The third kappa shape index (κ3) is 5.24. The highest BCUT2D eigenvalue weighted by atomic mass is 16.5. The van der Waals surface area contributed by atoms with Crippen molar-refractivity contribution in [1.29, 1.82) is 0 Å². The first-order valence-corrected chi connectivity index (χ1v) is 9.71. The monoisotopic (exact) mass is 383 g/mol. The molecule has 2 aromatic carbocycles. The van der Waals surface area contributed by atoms with E-state index in [9.17, 15) is 4.79 Å². The van der Waals surface area contributed by atoms with Crippen LogP contribution in [-0.2, 0) is 6.54 Å². The number of carbonyl (C=O) groups excluding carboxylic acids is 1. The SMILES string of the molecule is CCOc1ccc(C(=O)Nc2cccc(CN3CCN(C)CC3)c2)cc1OC. The maximum atomic E-state index is 12.7. The molecule has 0 atom stereocenters. The molecule has 0 bridgehead atoms. The number of benzene rings is 2. The summed E-state index contributed by atoms with van der Waals surface area (Å²) < 4.78 is 10.8. The normalized spacial score (nSPS) is 15.2. The van der Waals surface area contributed by atoms with Gasteiger partial charge in [-0.25, -0.2) is 0 Å². The maximum absolute atomic E-state index is 12.7. The van der Waals surface area contributed by atoms with Crippen molar-refractivity contribution >= 4 is 11.6 Å². The second kappa shape index (κ2) is 9.57. The third-order valence-corrected chi connectivity index (χ3v) is 4.91. The van der Waals surface area contributed by atoms with Gasteiger partial charge in [-0.05, 0) is 49.9 Å². The molecule has 1 N–H and O–H groups in total. The van der Waals surface area contributed by atoms with Crippen LogP contribution in [0.4, 0.5) is 5.69 Å². The van der Waals surface area contributed by atoms with Gasteiger partial charge in [-0.15, -0.1) is 0 Å². The Bertz CT molecular complexity index is 801. The minimum Gasteiger partial charge on any atom is -0.493 e. The molecule has 0 saturated carbocycles. The first-order chi connectivity index (χ1) is 13.6. The smallest absolute Gasteiger partial charge is 0.255 e. The topological polar surface area (TPSA) is 54.0 Å². The number of hydrogen-bond donors (Lipinski definition) is 1. The van der Waals surface area contributed by atoms with Crippen molar-refractivity contribution < 1.29 is 14.3 Å². The van der Waals surface area contributed by atoms with Crippen LogP contribution in [0.2, 0.25) is 0 Å². The molecule has 2 aromatic rings. The number of nitrogens with zero attached hydrogens (tertiary/aromatic N) is 2. The van der Waals surface area contributed by atoms with Gasteiger partial charge in [-0.3, -0.25) is 9.69 Å². The van der Waals surface area contributed by atoms with Gasteiger partial charge in [0.15, 0.2) is 11.5 Å². The predicted molar refractivity (Wildman–Crippen MR) is 111 cm³/mol. The predicted octanol–water partition coefficient (Wildman–Crippen LogP) is 3.09. The molecule has 1 fully saturated rings. The van der Waals surface area contributed by atoms with Crippen molar-refractivity contribution in [1.82, 2.24) is 9.80 Å². The number of amides is 1. The lowest BCUT2D eigenvalue weighted by Crippen LogP contribution is -2.43. The zero-order valence-corrected chi connectivity index (χ0v) is 16.9. The molecule has 0 aliphatic carbocycles. The van der Waals surface area contributed by atoms with Crippen molar-refractivity contribution in [2.24, 2.45) is 0 Å². The highest BCUT2D eigenvalue weighted by Gasteiger charge is 2.15. The largest absolute Gasteiger partial charge is 0.493 e. The fourth-order valence-electron chi connectivity index (χ4n) is 3.30. The Morgan fingerprint density at radius 2 is 1.86 bits per heavy atom. The quantitative estimate of drug-likeness (QED) is 0.796. The van der Waals surface area contributed by atoms with Crippen LogP contribution in [0.25, 0.3) is 0 Å². The molecule has 0 radical (unpaired) electrons. The average molecular weight is 383 g/mol. The van der Waals surface area contributed by atoms with Crippen LogP contribution in [0, 0.1) is 0 Å². The van der Waals surface area contributed by atoms with Gasteiger partial charge >= 0.3 is 0 Å². The van der Waals surface area contributed by atoms with Crippen molar-refractivity contribution in [2.75, 3.05) is 52.3 Å². The van der Waals surface area contributed by atoms with Gasteiger partial charge in [0.25, 0.3) is 5.91 Å². The summed E-state index contributed by atoms with van der Waals surface area (Å²) >= 11 is 0. The molecule has 1 heterocycles. The Morgan fingerprint density at radius 3 is 2.57 bits per heavy atom. The summed E-state index contributed by atoms with van der Waals surface area (Å²) in [5.74, 6) is 1.02. The maximum Gasteiger partial charge on any atom is 0.255 e. The molecule has 1 aliphatic rings. The zero-order valence-electron chi connectivity index (χ0n) is 16.9. The molecule has 1 aliphatic heterocycles. The van der Waals surface area contributed by atoms with Crippen molar-refractivity contribution in [3.8, 4) is 11.5 Å². The number of nitrogens with one attached hydrogen (secondary N) is 1. The number of ether oxygens (including phenoxy) is 2. The molecule has 1 amide bonds. The summed E-state index contributed by atoms with van der Waals surface area (Å²) in [4.78, 5) is 17.5. The average Bonchev–Trinajstić information content (AvgIpc) is 2.70. The molecule has 0 spiro atoms. The van der Waals surface area contributed by atoms with E-state index in [-0.39, 0.29) is 5.91 Å². The fourth-order valence-corrected chi connectivity index (χ4v) is 3.30. The summed E-state index contributed by atoms with van der Waals surface area (Å²) in [6.45, 7) is 7.68. The van der Waals surface area contributed by atoms with E-state index in [0.717, 1.165) is 38.4 Å². The summed E-state index contributed by atoms with van der Waals surface area (Å²) in [7, 11) is 3.73. The summed E-state index contributed by atoms with van der Waals surface area (Å²) in [6.07, 6.45) is 0. The van der Waals surface area contributed by atoms with E-state index in [0.29, 0.717) is 23.7 Å². The third-order valence-electron chi connectivity index (χ3n) is 4.91. The Hall–Kier alpha value is -2.57. The van der Waals surface area contributed by atoms with Crippen molar-refractivity contribution in [3.63, 3.8) is 0 Å². The van der Waals surface area contributed by atoms with E-state index >= 15 is 0 Å². The van der Waals surface area contributed by atoms with Crippen LogP contribution >= 0.6 is 0 Å². The van der Waals surface area contributed by atoms with Crippen LogP contribution in [0.3, 0.4) is 0 Å². The second-order valence-corrected chi connectivity index (χ2v) is 7.03. The van der Waals surface area contributed by atoms with Gasteiger partial charge in [0, 0.05) is 44.0 Å². The number of anilines is 1. The molecule has 6 nitrogen and oxygen atoms in total. The number of rotatable bonds is 7. The van der Waals surface area contributed by atoms with Gasteiger partial charge in [-0.1, -0.05) is 12.1 Å². The Labute approximate surface area is 167 Å². The summed E-state index contributed by atoms with van der Waals surface area (Å²) in [5, 5.41) is 2.98. The fraction of sp³-hybridized carbons (Fsp3) is 0.409. The van der Waals surface area contributed by atoms with Gasteiger partial charge in [-0.2, -0.15) is 0 Å². The molecule has 150 valence electrons. The minimum atomic E-state index is -0.168. The summed E-state index contributed by atoms with van der Waals surface area (Å²) in [6, 6.07) is 13.3. The van der Waals surface area contributed by atoms with Crippen molar-refractivity contribution in [2.45, 2.75) is 13.5 Å². The van der Waals surface area contributed by atoms with Gasteiger partial charge < -0.3 is 19.7 Å². The van der Waals surface area contributed by atoms with E-state index in [4.69, 9.17) is 9.47 Å². The number of carbonyl (C=O) groups is 1. The number of likely N-dealkylation sites (N-methyl/N-ethyl adjacent to an activating group) is 1. The molecule has 0 unspecified atom stereocenters. The van der Waals surface area contributed by atoms with Gasteiger partial charge in [0.05, 0.1) is 13.7 Å². The van der Waals surface area contributed by atoms with E-state index in [1.807, 2.05) is 25.1 Å². The number of methoxy groups -OCH3 is 1. The molecule has 3 rings (SSSR count). The summed E-state index contributed by atoms with van der Waals surface area (Å²) in [5.41, 5.74) is 2.53. The molecule has 1 saturated heterocycles. The van der Waals surface area contributed by atoms with Crippen LogP contribution in [0.15, 0.2) is 42.5 Å². The van der Waals surface area contributed by atoms with E-state index in [2.05, 4.69) is 28.2 Å². The van der Waals surface area contributed by atoms with Crippen molar-refractivity contribution in [3.05, 3.63) is 53.6 Å². The minimum absolute atomic E-state index is 0.168. The van der Waals surface area contributed by atoms with Crippen LogP contribution in [0.1, 0.15) is 22.8 Å². The molecular formula is C22H29N3O3. The molecule has 28 heavy (non-hydrogen) atoms. The molecule has 6 heteroatoms. The first kappa shape index (κ1) is 20.2. The van der Waals surface area contributed by atoms with Gasteiger partial charge in [0.1, 0.15) is 0 Å². The Balaban J connectivity index is 1.65. The zero-order chi connectivity index (χ0) is 19.9. The van der Waals surface area contributed by atoms with E-state index < -0.39 is 0 Å². The lowest BCUT2D eigenvalue weighted by Gasteiger charge is -2.32. The highest BCUT2D eigenvalue weighted by Crippen LogP contribution is 2.28. The number of piperazine rings is 1. The second-order valence-electron chi connectivity index (χ2n) is 7.03. The Morgan fingerprint density at radius 1 is 1.07 bits per heavy atom.